The van der Waals surface area contributed by atoms with Gasteiger partial charge in [0.2, 0.25) is 0 Å². The van der Waals surface area contributed by atoms with Gasteiger partial charge in [0, 0.05) is 56.8 Å². The average Bonchev–Trinajstić information content (AvgIpc) is 3.48. The molecule has 206 valence electrons. The van der Waals surface area contributed by atoms with Gasteiger partial charge < -0.3 is 9.64 Å². The van der Waals surface area contributed by atoms with Crippen LogP contribution in [0.15, 0.2) is 65.3 Å². The number of carbonyl (C=O) groups excluding carboxylic acids is 2. The normalized spacial score (nSPS) is 18.9. The lowest BCUT2D eigenvalue weighted by Crippen LogP contribution is -2.35. The molecule has 1 saturated heterocycles. The smallest absolute Gasteiger partial charge is 0.163 e. The second kappa shape index (κ2) is 12.4. The van der Waals surface area contributed by atoms with Crippen LogP contribution in [-0.2, 0) is 16.1 Å². The second-order valence-corrected chi connectivity index (χ2v) is 11.6. The number of ether oxygens (including phenoxy) is 1. The molecule has 5 nitrogen and oxygen atoms in total. The summed E-state index contributed by atoms with van der Waals surface area (Å²) in [6.07, 6.45) is 8.32. The number of allylic oxidation sites excluding steroid dienone is 4. The van der Waals surface area contributed by atoms with E-state index in [0.717, 1.165) is 71.9 Å². The molecule has 0 atom stereocenters. The molecule has 0 aromatic heterocycles. The maximum Gasteiger partial charge on any atom is 0.163 e. The lowest BCUT2D eigenvalue weighted by Gasteiger charge is -2.28. The standard InChI is InChI=1S/C34H42N2O3/c1-24-18-25(2)32(34(38)19-24)12-13-33(37)29-20-28(21-31(22-29)35(3)30-6-4-5-7-30)27-10-8-26(9-11-27)23-36-14-16-39-17-15-36/h8-11,18,20-22,30H,4-7,12-17,19,23H2,1-3H3. The summed E-state index contributed by atoms with van der Waals surface area (Å²) in [5.74, 6) is 0.258. The molecule has 0 amide bonds. The minimum atomic E-state index is 0.0984. The van der Waals surface area contributed by atoms with E-state index in [1.165, 1.54) is 31.2 Å². The quantitative estimate of drug-likeness (QED) is 0.338. The summed E-state index contributed by atoms with van der Waals surface area (Å²) in [6, 6.07) is 15.6. The van der Waals surface area contributed by atoms with Crippen LogP contribution < -0.4 is 4.90 Å². The summed E-state index contributed by atoms with van der Waals surface area (Å²) in [7, 11) is 2.17. The van der Waals surface area contributed by atoms with E-state index in [1.54, 1.807) is 0 Å². The van der Waals surface area contributed by atoms with Gasteiger partial charge in [-0.25, -0.2) is 0 Å². The van der Waals surface area contributed by atoms with Gasteiger partial charge in [-0.1, -0.05) is 48.8 Å². The Hall–Kier alpha value is -3.02. The molecule has 39 heavy (non-hydrogen) atoms. The summed E-state index contributed by atoms with van der Waals surface area (Å²) in [6.45, 7) is 8.46. The fourth-order valence-corrected chi connectivity index (χ4v) is 6.27. The molecule has 3 aliphatic rings. The van der Waals surface area contributed by atoms with Crippen LogP contribution in [0.25, 0.3) is 11.1 Å². The van der Waals surface area contributed by atoms with Crippen molar-refractivity contribution in [3.05, 3.63) is 76.4 Å². The summed E-state index contributed by atoms with van der Waals surface area (Å²) < 4.78 is 5.48. The van der Waals surface area contributed by atoms with Gasteiger partial charge >= 0.3 is 0 Å². The van der Waals surface area contributed by atoms with Gasteiger partial charge in [0.25, 0.3) is 0 Å². The molecule has 0 unspecified atom stereocenters. The molecule has 2 fully saturated rings. The first-order valence-electron chi connectivity index (χ1n) is 14.6. The predicted molar refractivity (Wildman–Crippen MR) is 158 cm³/mol. The van der Waals surface area contributed by atoms with E-state index >= 15 is 0 Å². The van der Waals surface area contributed by atoms with Crippen molar-refractivity contribution >= 4 is 17.3 Å². The minimum absolute atomic E-state index is 0.0984. The Morgan fingerprint density at radius 3 is 2.41 bits per heavy atom. The topological polar surface area (TPSA) is 49.9 Å². The van der Waals surface area contributed by atoms with Gasteiger partial charge in [-0.05, 0) is 79.1 Å². The van der Waals surface area contributed by atoms with Crippen molar-refractivity contribution in [2.45, 2.75) is 71.4 Å². The van der Waals surface area contributed by atoms with Crippen LogP contribution in [0.5, 0.6) is 0 Å². The molecule has 0 radical (unpaired) electrons. The molecule has 0 spiro atoms. The summed E-state index contributed by atoms with van der Waals surface area (Å²) >= 11 is 0. The van der Waals surface area contributed by atoms with Crippen LogP contribution in [0, 0.1) is 0 Å². The van der Waals surface area contributed by atoms with E-state index in [2.05, 4.69) is 59.3 Å². The maximum atomic E-state index is 13.5. The first-order valence-corrected chi connectivity index (χ1v) is 14.6. The van der Waals surface area contributed by atoms with Crippen LogP contribution in [0.3, 0.4) is 0 Å². The zero-order valence-corrected chi connectivity index (χ0v) is 23.8. The Kier molecular flexibility index (Phi) is 8.79. The van der Waals surface area contributed by atoms with Crippen LogP contribution >= 0.6 is 0 Å². The first kappa shape index (κ1) is 27.5. The molecule has 2 aromatic rings. The molecular formula is C34H42N2O3. The summed E-state index contributed by atoms with van der Waals surface area (Å²) in [4.78, 5) is 31.0. The van der Waals surface area contributed by atoms with E-state index in [0.29, 0.717) is 25.3 Å². The number of rotatable bonds is 9. The molecule has 0 bridgehead atoms. The summed E-state index contributed by atoms with van der Waals surface area (Å²) in [5.41, 5.74) is 8.23. The van der Waals surface area contributed by atoms with Gasteiger partial charge in [0.05, 0.1) is 13.2 Å². The highest BCUT2D eigenvalue weighted by molar-refractivity contribution is 6.02. The van der Waals surface area contributed by atoms with Crippen LogP contribution in [-0.4, -0.2) is 55.9 Å². The van der Waals surface area contributed by atoms with Crippen molar-refractivity contribution in [1.29, 1.82) is 0 Å². The minimum Gasteiger partial charge on any atom is -0.379 e. The SMILES string of the molecule is CC1=CC(C)=C(CCC(=O)c2cc(-c3ccc(CN4CCOCC4)cc3)cc(N(C)C3CCCC3)c2)C(=O)C1. The molecule has 5 rings (SSSR count). The zero-order valence-electron chi connectivity index (χ0n) is 23.8. The van der Waals surface area contributed by atoms with Crippen molar-refractivity contribution in [1.82, 2.24) is 4.90 Å². The van der Waals surface area contributed by atoms with Crippen molar-refractivity contribution in [2.75, 3.05) is 38.3 Å². The highest BCUT2D eigenvalue weighted by atomic mass is 16.5. The Labute approximate surface area is 233 Å². The molecular weight excluding hydrogens is 484 g/mol. The number of Topliss-reactive ketones (excluding diaryl/α,β-unsaturated/α-hetero) is 2. The van der Waals surface area contributed by atoms with Crippen molar-refractivity contribution in [2.24, 2.45) is 0 Å². The van der Waals surface area contributed by atoms with E-state index in [1.807, 2.05) is 19.9 Å². The van der Waals surface area contributed by atoms with Crippen LogP contribution in [0.1, 0.15) is 74.7 Å². The zero-order chi connectivity index (χ0) is 27.4. The molecule has 2 aliphatic carbocycles. The number of ketones is 2. The highest BCUT2D eigenvalue weighted by Crippen LogP contribution is 2.33. The largest absolute Gasteiger partial charge is 0.379 e. The summed E-state index contributed by atoms with van der Waals surface area (Å²) in [5, 5.41) is 0. The van der Waals surface area contributed by atoms with E-state index < -0.39 is 0 Å². The van der Waals surface area contributed by atoms with Crippen molar-refractivity contribution in [3.8, 4) is 11.1 Å². The monoisotopic (exact) mass is 526 g/mol. The van der Waals surface area contributed by atoms with Crippen molar-refractivity contribution in [3.63, 3.8) is 0 Å². The van der Waals surface area contributed by atoms with E-state index in [-0.39, 0.29) is 11.6 Å². The third-order valence-electron chi connectivity index (χ3n) is 8.63. The number of carbonyl (C=O) groups is 2. The second-order valence-electron chi connectivity index (χ2n) is 11.6. The third-order valence-corrected chi connectivity index (χ3v) is 8.63. The molecule has 2 aromatic carbocycles. The van der Waals surface area contributed by atoms with Crippen LogP contribution in [0.4, 0.5) is 5.69 Å². The van der Waals surface area contributed by atoms with E-state index in [9.17, 15) is 9.59 Å². The fraction of sp³-hybridized carbons (Fsp3) is 0.471. The number of anilines is 1. The molecule has 5 heteroatoms. The lowest BCUT2D eigenvalue weighted by atomic mass is 9.88. The number of benzene rings is 2. The average molecular weight is 527 g/mol. The molecule has 1 saturated carbocycles. The van der Waals surface area contributed by atoms with Gasteiger partial charge in [-0.15, -0.1) is 0 Å². The Bertz CT molecular complexity index is 1260. The Balaban J connectivity index is 1.38. The maximum absolute atomic E-state index is 13.5. The number of hydrogen-bond donors (Lipinski definition) is 0. The molecule has 1 heterocycles. The van der Waals surface area contributed by atoms with Gasteiger partial charge in [-0.3, -0.25) is 14.5 Å². The van der Waals surface area contributed by atoms with Gasteiger partial charge in [0.1, 0.15) is 0 Å². The molecule has 0 N–H and O–H groups in total. The van der Waals surface area contributed by atoms with Crippen LogP contribution in [0.2, 0.25) is 0 Å². The lowest BCUT2D eigenvalue weighted by molar-refractivity contribution is -0.115. The first-order chi connectivity index (χ1) is 18.9. The van der Waals surface area contributed by atoms with E-state index in [4.69, 9.17) is 4.74 Å². The Morgan fingerprint density at radius 1 is 1.00 bits per heavy atom. The number of hydrogen-bond acceptors (Lipinski definition) is 5. The number of nitrogens with zero attached hydrogens (tertiary/aromatic N) is 2. The van der Waals surface area contributed by atoms with Gasteiger partial charge in [0.15, 0.2) is 11.6 Å². The molecule has 1 aliphatic heterocycles. The third kappa shape index (κ3) is 6.77. The fourth-order valence-electron chi connectivity index (χ4n) is 6.27. The Morgan fingerprint density at radius 2 is 1.72 bits per heavy atom. The van der Waals surface area contributed by atoms with Gasteiger partial charge in [-0.2, -0.15) is 0 Å². The number of morpholine rings is 1. The van der Waals surface area contributed by atoms with Crippen molar-refractivity contribution < 1.29 is 14.3 Å². The highest BCUT2D eigenvalue weighted by Gasteiger charge is 2.23. The predicted octanol–water partition coefficient (Wildman–Crippen LogP) is 6.76.